The molecule has 0 radical (unpaired) electrons. The summed E-state index contributed by atoms with van der Waals surface area (Å²) in [5.74, 6) is -0.558. The van der Waals surface area contributed by atoms with E-state index in [9.17, 15) is 14.7 Å². The highest BCUT2D eigenvalue weighted by molar-refractivity contribution is 5.95. The van der Waals surface area contributed by atoms with Gasteiger partial charge in [-0.1, -0.05) is 6.07 Å². The number of ether oxygens (including phenoxy) is 2. The molecule has 0 saturated carbocycles. The fourth-order valence-electron chi connectivity index (χ4n) is 3.60. The normalized spacial score (nSPS) is 18.9. The zero-order chi connectivity index (χ0) is 20.8. The second kappa shape index (κ2) is 9.41. The van der Waals surface area contributed by atoms with Crippen molar-refractivity contribution in [3.8, 4) is 11.5 Å². The summed E-state index contributed by atoms with van der Waals surface area (Å²) < 4.78 is 11.5. The monoisotopic (exact) mass is 398 g/mol. The Labute approximate surface area is 170 Å². The zero-order valence-electron chi connectivity index (χ0n) is 16.7. The van der Waals surface area contributed by atoms with Crippen LogP contribution in [0.5, 0.6) is 11.5 Å². The van der Waals surface area contributed by atoms with Crippen molar-refractivity contribution in [2.75, 3.05) is 13.2 Å². The first-order chi connectivity index (χ1) is 14.0. The molecule has 1 aliphatic rings. The number of carboxylic acids is 1. The van der Waals surface area contributed by atoms with Crippen LogP contribution < -0.4 is 9.47 Å². The summed E-state index contributed by atoms with van der Waals surface area (Å²) in [5.41, 5.74) is 1.39. The minimum Gasteiger partial charge on any atom is -0.490 e. The summed E-state index contributed by atoms with van der Waals surface area (Å²) in [6, 6.07) is 8.49. The third kappa shape index (κ3) is 4.85. The minimum absolute atomic E-state index is 0.191. The quantitative estimate of drug-likeness (QED) is 0.769. The summed E-state index contributed by atoms with van der Waals surface area (Å²) in [4.78, 5) is 30.2. The van der Waals surface area contributed by atoms with E-state index in [0.717, 1.165) is 5.56 Å². The lowest BCUT2D eigenvalue weighted by atomic mass is 9.90. The number of carbonyl (C=O) groups excluding carboxylic acids is 1. The molecule has 2 atom stereocenters. The van der Waals surface area contributed by atoms with Crippen molar-refractivity contribution in [2.24, 2.45) is 5.92 Å². The van der Waals surface area contributed by atoms with Crippen LogP contribution in [0.2, 0.25) is 0 Å². The molecule has 0 bridgehead atoms. The van der Waals surface area contributed by atoms with Gasteiger partial charge in [-0.3, -0.25) is 14.6 Å². The Hall–Kier alpha value is -3.09. The summed E-state index contributed by atoms with van der Waals surface area (Å²) >= 11 is 0. The van der Waals surface area contributed by atoms with Crippen LogP contribution in [0.3, 0.4) is 0 Å². The number of rotatable bonds is 7. The van der Waals surface area contributed by atoms with Crippen molar-refractivity contribution in [2.45, 2.75) is 39.3 Å². The van der Waals surface area contributed by atoms with Gasteiger partial charge in [0.2, 0.25) is 0 Å². The third-order valence-electron chi connectivity index (χ3n) is 5.17. The number of carbonyl (C=O) groups is 2. The number of amides is 1. The highest BCUT2D eigenvalue weighted by atomic mass is 16.5. The van der Waals surface area contributed by atoms with E-state index >= 15 is 0 Å². The van der Waals surface area contributed by atoms with E-state index in [0.29, 0.717) is 49.7 Å². The molecular weight excluding hydrogens is 372 g/mol. The number of likely N-dealkylation sites (tertiary alicyclic amines) is 1. The number of piperidine rings is 1. The molecule has 0 aliphatic carbocycles. The lowest BCUT2D eigenvalue weighted by Gasteiger charge is -2.37. The largest absolute Gasteiger partial charge is 0.490 e. The fraction of sp³-hybridized carbons (Fsp3) is 0.409. The molecule has 1 fully saturated rings. The number of nitrogens with zero attached hydrogens (tertiary/aromatic N) is 2. The van der Waals surface area contributed by atoms with Gasteiger partial charge in [-0.2, -0.15) is 0 Å². The average Bonchev–Trinajstić information content (AvgIpc) is 2.73. The van der Waals surface area contributed by atoms with E-state index in [2.05, 4.69) is 4.98 Å². The number of benzene rings is 1. The summed E-state index contributed by atoms with van der Waals surface area (Å²) in [5, 5.41) is 9.40. The van der Waals surface area contributed by atoms with Crippen LogP contribution in [0.1, 0.15) is 42.6 Å². The van der Waals surface area contributed by atoms with E-state index in [4.69, 9.17) is 9.47 Å². The number of hydrogen-bond acceptors (Lipinski definition) is 5. The van der Waals surface area contributed by atoms with E-state index in [1.807, 2.05) is 19.1 Å². The van der Waals surface area contributed by atoms with Gasteiger partial charge in [0, 0.05) is 36.1 Å². The van der Waals surface area contributed by atoms with Gasteiger partial charge in [0.15, 0.2) is 11.5 Å². The van der Waals surface area contributed by atoms with Gasteiger partial charge < -0.3 is 19.5 Å². The maximum Gasteiger partial charge on any atom is 0.308 e. The summed E-state index contributed by atoms with van der Waals surface area (Å²) in [6.07, 6.45) is 4.70. The number of hydrogen-bond donors (Lipinski definition) is 1. The number of pyridine rings is 1. The fourth-order valence-corrected chi connectivity index (χ4v) is 3.60. The molecule has 7 nitrogen and oxygen atoms in total. The maximum absolute atomic E-state index is 13.1. The number of aliphatic carboxylic acids is 1. The van der Waals surface area contributed by atoms with Crippen molar-refractivity contribution < 1.29 is 24.2 Å². The number of carboxylic acid groups (broad SMARTS) is 1. The second-order valence-corrected chi connectivity index (χ2v) is 7.07. The molecular formula is C22H26N2O5. The topological polar surface area (TPSA) is 89.0 Å². The van der Waals surface area contributed by atoms with Gasteiger partial charge >= 0.3 is 5.97 Å². The minimum atomic E-state index is -0.857. The molecule has 1 aromatic heterocycles. The summed E-state index contributed by atoms with van der Waals surface area (Å²) in [6.45, 7) is 4.98. The predicted molar refractivity (Wildman–Crippen MR) is 107 cm³/mol. The lowest BCUT2D eigenvalue weighted by molar-refractivity contribution is -0.144. The van der Waals surface area contributed by atoms with Gasteiger partial charge in [0.25, 0.3) is 5.91 Å². The second-order valence-electron chi connectivity index (χ2n) is 7.07. The Balaban J connectivity index is 1.78. The predicted octanol–water partition coefficient (Wildman–Crippen LogP) is 3.38. The molecule has 1 aliphatic heterocycles. The van der Waals surface area contributed by atoms with E-state index in [-0.39, 0.29) is 11.9 Å². The van der Waals surface area contributed by atoms with E-state index in [1.165, 1.54) is 0 Å². The van der Waals surface area contributed by atoms with Crippen LogP contribution in [-0.4, -0.2) is 46.1 Å². The van der Waals surface area contributed by atoms with Crippen molar-refractivity contribution >= 4 is 11.9 Å². The van der Waals surface area contributed by atoms with Gasteiger partial charge in [-0.25, -0.2) is 0 Å². The van der Waals surface area contributed by atoms with Crippen molar-refractivity contribution in [3.63, 3.8) is 0 Å². The molecule has 1 amide bonds. The molecule has 1 aromatic carbocycles. The van der Waals surface area contributed by atoms with Crippen LogP contribution in [0.4, 0.5) is 0 Å². The smallest absolute Gasteiger partial charge is 0.308 e. The highest BCUT2D eigenvalue weighted by Gasteiger charge is 2.35. The lowest BCUT2D eigenvalue weighted by Crippen LogP contribution is -2.49. The number of aromatic nitrogens is 1. The average molecular weight is 398 g/mol. The molecule has 154 valence electrons. The van der Waals surface area contributed by atoms with Crippen molar-refractivity contribution in [1.82, 2.24) is 9.88 Å². The Kier molecular flexibility index (Phi) is 6.69. The van der Waals surface area contributed by atoms with Gasteiger partial charge in [-0.05, 0) is 51.0 Å². The maximum atomic E-state index is 13.1. The van der Waals surface area contributed by atoms with E-state index < -0.39 is 11.9 Å². The van der Waals surface area contributed by atoms with Gasteiger partial charge in [0.05, 0.1) is 12.5 Å². The van der Waals surface area contributed by atoms with Crippen LogP contribution in [0.15, 0.2) is 42.7 Å². The molecule has 2 aromatic rings. The first-order valence-corrected chi connectivity index (χ1v) is 9.83. The van der Waals surface area contributed by atoms with Crippen LogP contribution >= 0.6 is 0 Å². The molecule has 3 rings (SSSR count). The standard InChI is InChI=1S/C22H26N2O5/c1-3-28-20-12-17(8-9-19(20)29-14-16-6-4-10-23-13-16)21(25)24-11-5-7-18(15(24)2)22(26)27/h4,6,8-10,12-13,15,18H,3,5,7,11,14H2,1-2H3,(H,26,27)/t15-,18-/m0/s1. The Morgan fingerprint density at radius 3 is 2.76 bits per heavy atom. The first-order valence-electron chi connectivity index (χ1n) is 9.83. The Bertz CT molecular complexity index is 856. The van der Waals surface area contributed by atoms with Crippen LogP contribution in [-0.2, 0) is 11.4 Å². The molecule has 0 spiro atoms. The molecule has 2 heterocycles. The molecule has 7 heteroatoms. The summed E-state index contributed by atoms with van der Waals surface area (Å²) in [7, 11) is 0. The van der Waals surface area contributed by atoms with Crippen LogP contribution in [0, 0.1) is 5.92 Å². The van der Waals surface area contributed by atoms with Crippen LogP contribution in [0.25, 0.3) is 0 Å². The van der Waals surface area contributed by atoms with Gasteiger partial charge in [0.1, 0.15) is 6.61 Å². The highest BCUT2D eigenvalue weighted by Crippen LogP contribution is 2.31. The van der Waals surface area contributed by atoms with Crippen molar-refractivity contribution in [3.05, 3.63) is 53.9 Å². The Morgan fingerprint density at radius 2 is 2.07 bits per heavy atom. The van der Waals surface area contributed by atoms with Crippen molar-refractivity contribution in [1.29, 1.82) is 0 Å². The van der Waals surface area contributed by atoms with E-state index in [1.54, 1.807) is 42.4 Å². The molecule has 1 saturated heterocycles. The molecule has 29 heavy (non-hydrogen) atoms. The Morgan fingerprint density at radius 1 is 1.24 bits per heavy atom. The first kappa shape index (κ1) is 20.6. The molecule has 0 unspecified atom stereocenters. The third-order valence-corrected chi connectivity index (χ3v) is 5.17. The van der Waals surface area contributed by atoms with Gasteiger partial charge in [-0.15, -0.1) is 0 Å². The molecule has 1 N–H and O–H groups in total. The SMILES string of the molecule is CCOc1cc(C(=O)N2CCC[C@H](C(=O)O)[C@@H]2C)ccc1OCc1cccnc1. The zero-order valence-corrected chi connectivity index (χ0v) is 16.7.